The van der Waals surface area contributed by atoms with Crippen LogP contribution in [0, 0.1) is 13.8 Å². The van der Waals surface area contributed by atoms with Gasteiger partial charge >= 0.3 is 0 Å². The molecule has 5 heteroatoms. The minimum atomic E-state index is -0.0148. The third kappa shape index (κ3) is 4.60. The lowest BCUT2D eigenvalue weighted by atomic mass is 10.1. The summed E-state index contributed by atoms with van der Waals surface area (Å²) >= 11 is 3.32. The van der Waals surface area contributed by atoms with Crippen molar-refractivity contribution in [2.24, 2.45) is 0 Å². The molecule has 3 nitrogen and oxygen atoms in total. The van der Waals surface area contributed by atoms with E-state index in [1.54, 1.807) is 23.6 Å². The smallest absolute Gasteiger partial charge is 0.230 e. The van der Waals surface area contributed by atoms with E-state index in [9.17, 15) is 4.79 Å². The van der Waals surface area contributed by atoms with Gasteiger partial charge in [-0.05, 0) is 43.5 Å². The van der Waals surface area contributed by atoms with Crippen molar-refractivity contribution in [3.8, 4) is 0 Å². The molecule has 1 aromatic heterocycles. The third-order valence-electron chi connectivity index (χ3n) is 4.38. The van der Waals surface area contributed by atoms with Crippen LogP contribution in [-0.4, -0.2) is 10.9 Å². The van der Waals surface area contributed by atoms with Gasteiger partial charge in [0.15, 0.2) is 5.13 Å². The molecule has 0 aliphatic carbocycles. The Morgan fingerprint density at radius 1 is 1.19 bits per heavy atom. The molecule has 0 aliphatic rings. The first-order chi connectivity index (χ1) is 13.0. The van der Waals surface area contributed by atoms with Crippen LogP contribution in [0.4, 0.5) is 10.8 Å². The van der Waals surface area contributed by atoms with Crippen molar-refractivity contribution in [2.45, 2.75) is 44.8 Å². The number of amides is 1. The molecule has 3 rings (SSSR count). The van der Waals surface area contributed by atoms with Gasteiger partial charge in [-0.2, -0.15) is 0 Å². The topological polar surface area (TPSA) is 33.2 Å². The number of rotatable bonds is 6. The van der Waals surface area contributed by atoms with Crippen LogP contribution in [0.15, 0.2) is 52.7 Å². The fourth-order valence-electron chi connectivity index (χ4n) is 2.92. The van der Waals surface area contributed by atoms with Crippen LogP contribution in [0.5, 0.6) is 0 Å². The SMILES string of the molecule is CCc1ccccc1N(C(C)=O)c1nc(CSc2cc(C)ccc2C)cs1. The summed E-state index contributed by atoms with van der Waals surface area (Å²) in [5.41, 5.74) is 5.62. The molecule has 0 unspecified atom stereocenters. The summed E-state index contributed by atoms with van der Waals surface area (Å²) in [5, 5.41) is 2.79. The molecule has 1 heterocycles. The maximum Gasteiger partial charge on any atom is 0.230 e. The molecular weight excluding hydrogens is 372 g/mol. The average molecular weight is 397 g/mol. The molecule has 0 spiro atoms. The molecule has 0 saturated carbocycles. The molecule has 1 amide bonds. The van der Waals surface area contributed by atoms with Gasteiger partial charge in [-0.25, -0.2) is 4.98 Å². The molecule has 27 heavy (non-hydrogen) atoms. The number of anilines is 2. The van der Waals surface area contributed by atoms with E-state index in [0.29, 0.717) is 0 Å². The number of carbonyl (C=O) groups is 1. The Bertz CT molecular complexity index is 949. The van der Waals surface area contributed by atoms with Gasteiger partial charge < -0.3 is 0 Å². The number of thioether (sulfide) groups is 1. The van der Waals surface area contributed by atoms with Crippen molar-refractivity contribution in [3.63, 3.8) is 0 Å². The van der Waals surface area contributed by atoms with E-state index in [0.717, 1.165) is 34.2 Å². The van der Waals surface area contributed by atoms with Crippen LogP contribution in [0.1, 0.15) is 36.2 Å². The van der Waals surface area contributed by atoms with Gasteiger partial charge in [0.05, 0.1) is 11.4 Å². The number of hydrogen-bond acceptors (Lipinski definition) is 4. The molecule has 2 aromatic carbocycles. The second kappa shape index (κ2) is 8.72. The zero-order valence-corrected chi connectivity index (χ0v) is 17.8. The van der Waals surface area contributed by atoms with E-state index in [4.69, 9.17) is 4.98 Å². The van der Waals surface area contributed by atoms with E-state index >= 15 is 0 Å². The summed E-state index contributed by atoms with van der Waals surface area (Å²) in [6.45, 7) is 7.94. The first-order valence-electron chi connectivity index (χ1n) is 9.02. The number of aromatic nitrogens is 1. The highest BCUT2D eigenvalue weighted by Gasteiger charge is 2.20. The van der Waals surface area contributed by atoms with E-state index in [1.165, 1.54) is 27.4 Å². The van der Waals surface area contributed by atoms with E-state index in [-0.39, 0.29) is 5.91 Å². The van der Waals surface area contributed by atoms with Gasteiger partial charge in [-0.3, -0.25) is 9.69 Å². The zero-order chi connectivity index (χ0) is 19.4. The Labute approximate surface area is 169 Å². The highest BCUT2D eigenvalue weighted by Crippen LogP contribution is 2.34. The predicted octanol–water partition coefficient (Wildman–Crippen LogP) is 6.30. The molecule has 0 fully saturated rings. The van der Waals surface area contributed by atoms with Crippen LogP contribution < -0.4 is 4.90 Å². The first kappa shape index (κ1) is 19.6. The highest BCUT2D eigenvalue weighted by atomic mass is 32.2. The average Bonchev–Trinajstić information content (AvgIpc) is 3.11. The van der Waals surface area contributed by atoms with Gasteiger partial charge in [0.1, 0.15) is 0 Å². The number of aryl methyl sites for hydroxylation is 3. The van der Waals surface area contributed by atoms with Crippen LogP contribution in [0.3, 0.4) is 0 Å². The lowest BCUT2D eigenvalue weighted by molar-refractivity contribution is -0.115. The third-order valence-corrected chi connectivity index (χ3v) is 6.44. The molecule has 0 bridgehead atoms. The lowest BCUT2D eigenvalue weighted by Gasteiger charge is -2.21. The summed E-state index contributed by atoms with van der Waals surface area (Å²) in [5.74, 6) is 0.779. The highest BCUT2D eigenvalue weighted by molar-refractivity contribution is 7.98. The number of benzene rings is 2. The molecule has 3 aromatic rings. The maximum absolute atomic E-state index is 12.4. The summed E-state index contributed by atoms with van der Waals surface area (Å²) in [4.78, 5) is 20.1. The number of hydrogen-bond donors (Lipinski definition) is 0. The zero-order valence-electron chi connectivity index (χ0n) is 16.2. The molecule has 0 atom stereocenters. The summed E-state index contributed by atoms with van der Waals surface area (Å²) in [6, 6.07) is 14.5. The summed E-state index contributed by atoms with van der Waals surface area (Å²) in [6.07, 6.45) is 0.876. The normalized spacial score (nSPS) is 10.8. The Morgan fingerprint density at radius 2 is 1.96 bits per heavy atom. The number of thiazole rings is 1. The molecule has 0 N–H and O–H groups in total. The second-order valence-corrected chi connectivity index (χ2v) is 8.37. The Morgan fingerprint density at radius 3 is 2.70 bits per heavy atom. The van der Waals surface area contributed by atoms with E-state index < -0.39 is 0 Å². The van der Waals surface area contributed by atoms with Crippen LogP contribution in [0.25, 0.3) is 0 Å². The second-order valence-electron chi connectivity index (χ2n) is 6.52. The van der Waals surface area contributed by atoms with E-state index in [1.807, 2.05) is 18.2 Å². The van der Waals surface area contributed by atoms with Gasteiger partial charge in [0, 0.05) is 23.0 Å². The standard InChI is InChI=1S/C22H24N2OS2/c1-5-18-8-6-7-9-20(18)24(17(4)25)22-23-19(14-27-22)13-26-21-12-15(2)10-11-16(21)3/h6-12,14H,5,13H2,1-4H3. The lowest BCUT2D eigenvalue weighted by Crippen LogP contribution is -2.23. The van der Waals surface area contributed by atoms with Crippen molar-refractivity contribution >= 4 is 39.8 Å². The molecule has 0 radical (unpaired) electrons. The van der Waals surface area contributed by atoms with Crippen molar-refractivity contribution in [2.75, 3.05) is 4.90 Å². The number of para-hydroxylation sites is 1. The molecule has 0 aliphatic heterocycles. The van der Waals surface area contributed by atoms with E-state index in [2.05, 4.69) is 50.4 Å². The monoisotopic (exact) mass is 396 g/mol. The Hall–Kier alpha value is -2.11. The van der Waals surface area contributed by atoms with Crippen LogP contribution in [0.2, 0.25) is 0 Å². The molecule has 140 valence electrons. The van der Waals surface area contributed by atoms with Crippen molar-refractivity contribution in [1.29, 1.82) is 0 Å². The largest absolute Gasteiger partial charge is 0.274 e. The van der Waals surface area contributed by atoms with Crippen LogP contribution in [-0.2, 0) is 17.0 Å². The first-order valence-corrected chi connectivity index (χ1v) is 10.9. The Kier molecular flexibility index (Phi) is 6.34. The van der Waals surface area contributed by atoms with Gasteiger partial charge in [-0.1, -0.05) is 42.8 Å². The quantitative estimate of drug-likeness (QED) is 0.458. The molecular formula is C22H24N2OS2. The summed E-state index contributed by atoms with van der Waals surface area (Å²) < 4.78 is 0. The number of carbonyl (C=O) groups excluding carboxylic acids is 1. The Balaban J connectivity index is 1.82. The maximum atomic E-state index is 12.4. The minimum absolute atomic E-state index is 0.0148. The summed E-state index contributed by atoms with van der Waals surface area (Å²) in [7, 11) is 0. The minimum Gasteiger partial charge on any atom is -0.274 e. The van der Waals surface area contributed by atoms with Gasteiger partial charge in [0.25, 0.3) is 0 Å². The van der Waals surface area contributed by atoms with Gasteiger partial charge in [0.2, 0.25) is 5.91 Å². The van der Waals surface area contributed by atoms with Gasteiger partial charge in [-0.15, -0.1) is 23.1 Å². The van der Waals surface area contributed by atoms with Crippen molar-refractivity contribution < 1.29 is 4.79 Å². The number of nitrogens with zero attached hydrogens (tertiary/aromatic N) is 2. The fraction of sp³-hybridized carbons (Fsp3) is 0.273. The molecule has 0 saturated heterocycles. The predicted molar refractivity (Wildman–Crippen MR) is 116 cm³/mol. The van der Waals surface area contributed by atoms with Crippen molar-refractivity contribution in [1.82, 2.24) is 4.98 Å². The van der Waals surface area contributed by atoms with Crippen molar-refractivity contribution in [3.05, 3.63) is 70.2 Å². The fourth-order valence-corrected chi connectivity index (χ4v) is 4.92. The van der Waals surface area contributed by atoms with Crippen LogP contribution >= 0.6 is 23.1 Å².